The number of hydrogen-bond acceptors (Lipinski definition) is 3. The van der Waals surface area contributed by atoms with Crippen LogP contribution in [0.4, 0.5) is 0 Å². The lowest BCUT2D eigenvalue weighted by atomic mass is 9.93. The highest BCUT2D eigenvalue weighted by atomic mass is 16.3. The minimum atomic E-state index is -0.266. The number of carbonyl (C=O) groups excluding carboxylic acids is 1. The monoisotopic (exact) mass is 256 g/mol. The third-order valence-corrected chi connectivity index (χ3v) is 3.16. The van der Waals surface area contributed by atoms with Crippen LogP contribution in [-0.4, -0.2) is 16.0 Å². The number of ketones is 1. The van der Waals surface area contributed by atoms with E-state index in [0.29, 0.717) is 12.0 Å². The fourth-order valence-corrected chi connectivity index (χ4v) is 1.99. The molecule has 2 rings (SSSR count). The van der Waals surface area contributed by atoms with Gasteiger partial charge in [-0.1, -0.05) is 37.3 Å². The summed E-state index contributed by atoms with van der Waals surface area (Å²) in [7, 11) is 0. The number of aromatic hydroxyl groups is 2. The molecule has 0 spiro atoms. The number of phenolic OH excluding ortho intramolecular Hbond substituents is 2. The van der Waals surface area contributed by atoms with Gasteiger partial charge >= 0.3 is 0 Å². The van der Waals surface area contributed by atoms with E-state index in [2.05, 4.69) is 0 Å². The van der Waals surface area contributed by atoms with E-state index in [4.69, 9.17) is 0 Å². The Balaban J connectivity index is 2.11. The summed E-state index contributed by atoms with van der Waals surface area (Å²) in [5.74, 6) is -0.415. The molecule has 0 aliphatic carbocycles. The van der Waals surface area contributed by atoms with E-state index in [0.717, 1.165) is 5.56 Å². The van der Waals surface area contributed by atoms with Crippen molar-refractivity contribution in [3.8, 4) is 11.5 Å². The van der Waals surface area contributed by atoms with E-state index in [-0.39, 0.29) is 23.2 Å². The molecule has 0 aliphatic rings. The summed E-state index contributed by atoms with van der Waals surface area (Å²) in [6.07, 6.45) is 0.369. The highest BCUT2D eigenvalue weighted by Gasteiger charge is 2.14. The molecule has 19 heavy (non-hydrogen) atoms. The van der Waals surface area contributed by atoms with Crippen LogP contribution in [0.3, 0.4) is 0 Å². The van der Waals surface area contributed by atoms with Gasteiger partial charge in [0.05, 0.1) is 0 Å². The lowest BCUT2D eigenvalue weighted by molar-refractivity contribution is 0.0975. The summed E-state index contributed by atoms with van der Waals surface area (Å²) in [6, 6.07) is 14.0. The molecule has 0 saturated heterocycles. The molecule has 1 unspecified atom stereocenters. The number of benzene rings is 2. The number of phenols is 2. The topological polar surface area (TPSA) is 57.5 Å². The van der Waals surface area contributed by atoms with Crippen LogP contribution in [0.1, 0.15) is 35.2 Å². The first-order chi connectivity index (χ1) is 9.08. The molecule has 0 saturated carbocycles. The molecule has 1 atom stereocenters. The zero-order chi connectivity index (χ0) is 13.8. The van der Waals surface area contributed by atoms with E-state index >= 15 is 0 Å². The van der Waals surface area contributed by atoms with E-state index in [1.165, 1.54) is 18.2 Å². The van der Waals surface area contributed by atoms with Crippen LogP contribution >= 0.6 is 0 Å². The predicted octanol–water partition coefficient (Wildman–Crippen LogP) is 3.47. The molecular weight excluding hydrogens is 240 g/mol. The third kappa shape index (κ3) is 3.13. The fraction of sp³-hybridized carbons (Fsp3) is 0.188. The minimum Gasteiger partial charge on any atom is -0.504 e. The molecule has 0 aliphatic heterocycles. The van der Waals surface area contributed by atoms with Crippen molar-refractivity contribution in [1.29, 1.82) is 0 Å². The van der Waals surface area contributed by atoms with Crippen molar-refractivity contribution >= 4 is 5.78 Å². The smallest absolute Gasteiger partial charge is 0.163 e. The van der Waals surface area contributed by atoms with Gasteiger partial charge < -0.3 is 10.2 Å². The van der Waals surface area contributed by atoms with Gasteiger partial charge in [0.1, 0.15) is 0 Å². The van der Waals surface area contributed by atoms with Crippen LogP contribution in [0.5, 0.6) is 11.5 Å². The second-order valence-corrected chi connectivity index (χ2v) is 4.64. The molecule has 0 fully saturated rings. The Kier molecular flexibility index (Phi) is 3.85. The SMILES string of the molecule is CC(CC(=O)c1ccc(O)c(O)c1)c1ccccc1. The maximum absolute atomic E-state index is 12.1. The first-order valence-electron chi connectivity index (χ1n) is 6.18. The zero-order valence-electron chi connectivity index (χ0n) is 10.7. The minimum absolute atomic E-state index is 0.0494. The second kappa shape index (κ2) is 5.57. The quantitative estimate of drug-likeness (QED) is 0.650. The van der Waals surface area contributed by atoms with Gasteiger partial charge in [0.2, 0.25) is 0 Å². The number of rotatable bonds is 4. The normalized spacial score (nSPS) is 12.1. The molecular formula is C16H16O3. The molecule has 2 N–H and O–H groups in total. The lowest BCUT2D eigenvalue weighted by Gasteiger charge is -2.11. The highest BCUT2D eigenvalue weighted by molar-refractivity contribution is 5.97. The Morgan fingerprint density at radius 1 is 1.05 bits per heavy atom. The number of Topliss-reactive ketones (excluding diaryl/α,β-unsaturated/α-hetero) is 1. The third-order valence-electron chi connectivity index (χ3n) is 3.16. The van der Waals surface area contributed by atoms with Crippen LogP contribution < -0.4 is 0 Å². The maximum atomic E-state index is 12.1. The standard InChI is InChI=1S/C16H16O3/c1-11(12-5-3-2-4-6-12)9-15(18)13-7-8-14(17)16(19)10-13/h2-8,10-11,17,19H,9H2,1H3. The molecule has 0 heterocycles. The fourth-order valence-electron chi connectivity index (χ4n) is 1.99. The van der Waals surface area contributed by atoms with E-state index in [1.54, 1.807) is 0 Å². The van der Waals surface area contributed by atoms with Crippen LogP contribution in [-0.2, 0) is 0 Å². The molecule has 2 aromatic carbocycles. The first-order valence-corrected chi connectivity index (χ1v) is 6.18. The van der Waals surface area contributed by atoms with E-state index in [1.807, 2.05) is 37.3 Å². The van der Waals surface area contributed by atoms with Gasteiger partial charge in [-0.05, 0) is 29.7 Å². The Bertz CT molecular complexity index is 576. The van der Waals surface area contributed by atoms with Crippen molar-refractivity contribution in [2.45, 2.75) is 19.3 Å². The maximum Gasteiger partial charge on any atom is 0.163 e. The largest absolute Gasteiger partial charge is 0.504 e. The Labute approximate surface area is 112 Å². The summed E-state index contributed by atoms with van der Waals surface area (Å²) < 4.78 is 0. The molecule has 0 radical (unpaired) electrons. The average molecular weight is 256 g/mol. The summed E-state index contributed by atoms with van der Waals surface area (Å²) in [5.41, 5.74) is 1.52. The van der Waals surface area contributed by atoms with Gasteiger partial charge in [-0.3, -0.25) is 4.79 Å². The zero-order valence-corrected chi connectivity index (χ0v) is 10.7. The summed E-state index contributed by atoms with van der Waals surface area (Å²) in [6.45, 7) is 1.99. The van der Waals surface area contributed by atoms with Crippen molar-refractivity contribution < 1.29 is 15.0 Å². The van der Waals surface area contributed by atoms with Gasteiger partial charge in [-0.25, -0.2) is 0 Å². The van der Waals surface area contributed by atoms with Crippen LogP contribution in [0.25, 0.3) is 0 Å². The second-order valence-electron chi connectivity index (χ2n) is 4.64. The Hall–Kier alpha value is -2.29. The first kappa shape index (κ1) is 13.1. The van der Waals surface area contributed by atoms with Gasteiger partial charge in [-0.2, -0.15) is 0 Å². The van der Waals surface area contributed by atoms with Gasteiger partial charge in [0, 0.05) is 12.0 Å². The number of hydrogen-bond donors (Lipinski definition) is 2. The van der Waals surface area contributed by atoms with E-state index in [9.17, 15) is 15.0 Å². The van der Waals surface area contributed by atoms with Crippen LogP contribution in [0, 0.1) is 0 Å². The van der Waals surface area contributed by atoms with Crippen LogP contribution in [0.15, 0.2) is 48.5 Å². The summed E-state index contributed by atoms with van der Waals surface area (Å²) in [4.78, 5) is 12.1. The molecule has 0 bridgehead atoms. The van der Waals surface area contributed by atoms with Crippen molar-refractivity contribution in [2.24, 2.45) is 0 Å². The van der Waals surface area contributed by atoms with Crippen LogP contribution in [0.2, 0.25) is 0 Å². The van der Waals surface area contributed by atoms with Gasteiger partial charge in [0.25, 0.3) is 0 Å². The predicted molar refractivity (Wildman–Crippen MR) is 73.6 cm³/mol. The van der Waals surface area contributed by atoms with E-state index < -0.39 is 0 Å². The van der Waals surface area contributed by atoms with Gasteiger partial charge in [-0.15, -0.1) is 0 Å². The molecule has 3 nitrogen and oxygen atoms in total. The van der Waals surface area contributed by atoms with Gasteiger partial charge in [0.15, 0.2) is 17.3 Å². The molecule has 0 amide bonds. The molecule has 2 aromatic rings. The molecule has 0 aromatic heterocycles. The highest BCUT2D eigenvalue weighted by Crippen LogP contribution is 2.27. The molecule has 98 valence electrons. The van der Waals surface area contributed by atoms with Crippen molar-refractivity contribution in [3.05, 3.63) is 59.7 Å². The average Bonchev–Trinajstić information content (AvgIpc) is 2.42. The Morgan fingerprint density at radius 2 is 1.74 bits per heavy atom. The Morgan fingerprint density at radius 3 is 2.37 bits per heavy atom. The van der Waals surface area contributed by atoms with Crippen molar-refractivity contribution in [3.63, 3.8) is 0 Å². The molecule has 3 heteroatoms. The number of carbonyl (C=O) groups is 1. The lowest BCUT2D eigenvalue weighted by Crippen LogP contribution is -2.05. The summed E-state index contributed by atoms with van der Waals surface area (Å²) >= 11 is 0. The van der Waals surface area contributed by atoms with Crippen molar-refractivity contribution in [2.75, 3.05) is 0 Å². The summed E-state index contributed by atoms with van der Waals surface area (Å²) in [5, 5.41) is 18.6. The van der Waals surface area contributed by atoms with Crippen molar-refractivity contribution in [1.82, 2.24) is 0 Å².